The highest BCUT2D eigenvalue weighted by molar-refractivity contribution is 6.42. The summed E-state index contributed by atoms with van der Waals surface area (Å²) in [6.07, 6.45) is 1.26. The molecule has 0 spiro atoms. The van der Waals surface area contributed by atoms with Gasteiger partial charge in [0.15, 0.2) is 23.0 Å². The number of rotatable bonds is 15. The van der Waals surface area contributed by atoms with Crippen LogP contribution < -0.4 is 24.3 Å². The molecule has 2 aliphatic rings. The lowest BCUT2D eigenvalue weighted by atomic mass is 9.99. The number of carbonyl (C=O) groups excluding carboxylic acids is 2. The number of hydrogen-bond donors (Lipinski definition) is 2. The standard InChI is InChI=1S/C38H38Cl2N2O7/c39-29-11-6-26(18-30(29)40)10-15-38(45)42(17-16-28-8-13-34-36(21-28)49-24-47-34)22-32(43)31(19-25-4-2-1-3-5-25)41-37(44)14-9-27-7-12-33-35(20-27)48-23-46-33/h1-8,11-13,18,20-21,31-32,43H,9-10,14-17,19,22-24H2,(H,41,44). The molecule has 2 heterocycles. The minimum atomic E-state index is -1.04. The first kappa shape index (κ1) is 34.4. The van der Waals surface area contributed by atoms with Crippen LogP contribution in [0.4, 0.5) is 0 Å². The lowest BCUT2D eigenvalue weighted by molar-refractivity contribution is -0.133. The topological polar surface area (TPSA) is 107 Å². The van der Waals surface area contributed by atoms with Crippen LogP contribution >= 0.6 is 23.2 Å². The third kappa shape index (κ3) is 9.38. The fourth-order valence-corrected chi connectivity index (χ4v) is 6.24. The van der Waals surface area contributed by atoms with Crippen LogP contribution in [0, 0.1) is 0 Å². The maximum Gasteiger partial charge on any atom is 0.231 e. The lowest BCUT2D eigenvalue weighted by Gasteiger charge is -2.31. The first-order valence-electron chi connectivity index (χ1n) is 16.3. The quantitative estimate of drug-likeness (QED) is 0.152. The van der Waals surface area contributed by atoms with Crippen molar-refractivity contribution in [3.63, 3.8) is 0 Å². The summed E-state index contributed by atoms with van der Waals surface area (Å²) in [5, 5.41) is 15.6. The predicted octanol–water partition coefficient (Wildman–Crippen LogP) is 6.18. The van der Waals surface area contributed by atoms with Crippen molar-refractivity contribution in [2.24, 2.45) is 0 Å². The van der Waals surface area contributed by atoms with Gasteiger partial charge in [0.2, 0.25) is 25.4 Å². The van der Waals surface area contributed by atoms with E-state index < -0.39 is 12.1 Å². The zero-order valence-corrected chi connectivity index (χ0v) is 28.4. The average molecular weight is 706 g/mol. The molecule has 256 valence electrons. The van der Waals surface area contributed by atoms with Gasteiger partial charge >= 0.3 is 0 Å². The summed E-state index contributed by atoms with van der Waals surface area (Å²) < 4.78 is 21.9. The number of hydrogen-bond acceptors (Lipinski definition) is 7. The van der Waals surface area contributed by atoms with Gasteiger partial charge in [-0.25, -0.2) is 0 Å². The maximum atomic E-state index is 13.8. The molecule has 2 unspecified atom stereocenters. The van der Waals surface area contributed by atoms with Crippen molar-refractivity contribution < 1.29 is 33.6 Å². The number of amides is 2. The summed E-state index contributed by atoms with van der Waals surface area (Å²) in [5.41, 5.74) is 3.76. The highest BCUT2D eigenvalue weighted by Gasteiger charge is 2.27. The molecule has 0 bridgehead atoms. The number of aliphatic hydroxyl groups is 1. The minimum absolute atomic E-state index is 0.0324. The molecular formula is C38H38Cl2N2O7. The fourth-order valence-electron chi connectivity index (χ4n) is 5.92. The zero-order chi connectivity index (χ0) is 34.2. The number of fused-ring (bicyclic) bond motifs is 2. The van der Waals surface area contributed by atoms with Crippen molar-refractivity contribution in [2.45, 2.75) is 50.7 Å². The van der Waals surface area contributed by atoms with Gasteiger partial charge in [-0.2, -0.15) is 0 Å². The first-order chi connectivity index (χ1) is 23.8. The third-order valence-electron chi connectivity index (χ3n) is 8.67. The Labute approximate surface area is 295 Å². The molecule has 4 aromatic carbocycles. The number of aliphatic hydroxyl groups excluding tert-OH is 1. The number of halogens is 2. The summed E-state index contributed by atoms with van der Waals surface area (Å²) in [7, 11) is 0. The molecule has 4 aromatic rings. The number of nitrogens with zero attached hydrogens (tertiary/aromatic N) is 1. The van der Waals surface area contributed by atoms with Crippen molar-refractivity contribution in [1.29, 1.82) is 0 Å². The van der Waals surface area contributed by atoms with E-state index in [0.717, 1.165) is 22.3 Å². The molecule has 2 amide bonds. The van der Waals surface area contributed by atoms with E-state index in [1.54, 1.807) is 17.0 Å². The van der Waals surface area contributed by atoms with Crippen LogP contribution in [0.1, 0.15) is 35.1 Å². The van der Waals surface area contributed by atoms with Crippen LogP contribution in [0.5, 0.6) is 23.0 Å². The molecule has 2 atom stereocenters. The second-order valence-electron chi connectivity index (χ2n) is 12.1. The Kier molecular flexibility index (Phi) is 11.5. The van der Waals surface area contributed by atoms with Gasteiger partial charge in [-0.1, -0.05) is 71.7 Å². The monoisotopic (exact) mass is 704 g/mol. The van der Waals surface area contributed by atoms with Gasteiger partial charge < -0.3 is 34.3 Å². The summed E-state index contributed by atoms with van der Waals surface area (Å²) in [6, 6.07) is 25.7. The van der Waals surface area contributed by atoms with Gasteiger partial charge in [0.25, 0.3) is 0 Å². The van der Waals surface area contributed by atoms with Crippen molar-refractivity contribution in [3.05, 3.63) is 117 Å². The molecule has 0 radical (unpaired) electrons. The molecular weight excluding hydrogens is 667 g/mol. The zero-order valence-electron chi connectivity index (χ0n) is 26.9. The molecule has 0 saturated heterocycles. The van der Waals surface area contributed by atoms with Crippen LogP contribution in [0.3, 0.4) is 0 Å². The summed E-state index contributed by atoms with van der Waals surface area (Å²) in [6.45, 7) is 0.747. The fraction of sp³-hybridized carbons (Fsp3) is 0.316. The van der Waals surface area contributed by atoms with Gasteiger partial charge in [-0.05, 0) is 84.3 Å². The lowest BCUT2D eigenvalue weighted by Crippen LogP contribution is -2.51. The molecule has 49 heavy (non-hydrogen) atoms. The minimum Gasteiger partial charge on any atom is -0.454 e. The van der Waals surface area contributed by atoms with Crippen molar-refractivity contribution >= 4 is 35.0 Å². The van der Waals surface area contributed by atoms with Crippen molar-refractivity contribution in [1.82, 2.24) is 10.2 Å². The Balaban J connectivity index is 1.14. The van der Waals surface area contributed by atoms with Gasteiger partial charge in [0.1, 0.15) is 0 Å². The van der Waals surface area contributed by atoms with Crippen LogP contribution in [0.2, 0.25) is 10.0 Å². The van der Waals surface area contributed by atoms with E-state index in [-0.39, 0.29) is 44.8 Å². The normalized spacial score (nSPS) is 13.9. The van der Waals surface area contributed by atoms with Crippen molar-refractivity contribution in [2.75, 3.05) is 26.7 Å². The average Bonchev–Trinajstić information content (AvgIpc) is 3.79. The Bertz CT molecular complexity index is 1770. The second kappa shape index (κ2) is 16.3. The van der Waals surface area contributed by atoms with Crippen molar-refractivity contribution in [3.8, 4) is 23.0 Å². The third-order valence-corrected chi connectivity index (χ3v) is 9.41. The molecule has 0 aliphatic carbocycles. The molecule has 0 aromatic heterocycles. The van der Waals surface area contributed by atoms with Crippen LogP contribution in [0.25, 0.3) is 0 Å². The molecule has 6 rings (SSSR count). The van der Waals surface area contributed by atoms with Crippen LogP contribution in [-0.2, 0) is 35.3 Å². The number of nitrogens with one attached hydrogen (secondary N) is 1. The van der Waals surface area contributed by atoms with E-state index in [1.165, 1.54) is 0 Å². The molecule has 0 fully saturated rings. The van der Waals surface area contributed by atoms with Gasteiger partial charge in [-0.15, -0.1) is 0 Å². The van der Waals surface area contributed by atoms with E-state index in [1.807, 2.05) is 72.8 Å². The smallest absolute Gasteiger partial charge is 0.231 e. The molecule has 0 saturated carbocycles. The summed E-state index contributed by atoms with van der Waals surface area (Å²) in [5.74, 6) is 2.39. The molecule has 2 N–H and O–H groups in total. The number of carbonyl (C=O) groups is 2. The molecule has 9 nitrogen and oxygen atoms in total. The Morgan fingerprint density at radius 1 is 0.694 bits per heavy atom. The van der Waals surface area contributed by atoms with E-state index >= 15 is 0 Å². The number of ether oxygens (including phenoxy) is 4. The van der Waals surface area contributed by atoms with E-state index in [2.05, 4.69) is 5.32 Å². The SMILES string of the molecule is O=C(CCc1ccc2c(c1)OCO2)NC(Cc1ccccc1)C(O)CN(CCc1ccc2c(c1)OCO2)C(=O)CCc1ccc(Cl)c(Cl)c1. The summed E-state index contributed by atoms with van der Waals surface area (Å²) >= 11 is 12.3. The van der Waals surface area contributed by atoms with Gasteiger partial charge in [-0.3, -0.25) is 9.59 Å². The molecule has 11 heteroatoms. The van der Waals surface area contributed by atoms with Crippen LogP contribution in [-0.4, -0.2) is 60.6 Å². The van der Waals surface area contributed by atoms with E-state index in [9.17, 15) is 14.7 Å². The Morgan fingerprint density at radius 2 is 1.29 bits per heavy atom. The predicted molar refractivity (Wildman–Crippen MR) is 187 cm³/mol. The van der Waals surface area contributed by atoms with Gasteiger partial charge in [0.05, 0.1) is 22.2 Å². The number of aryl methyl sites for hydroxylation is 2. The highest BCUT2D eigenvalue weighted by Crippen LogP contribution is 2.34. The largest absolute Gasteiger partial charge is 0.454 e. The van der Waals surface area contributed by atoms with Crippen LogP contribution in [0.15, 0.2) is 84.9 Å². The Hall–Kier alpha value is -4.44. The van der Waals surface area contributed by atoms with Gasteiger partial charge in [0, 0.05) is 25.9 Å². The van der Waals surface area contributed by atoms with E-state index in [4.69, 9.17) is 42.1 Å². The first-order valence-corrected chi connectivity index (χ1v) is 17.1. The highest BCUT2D eigenvalue weighted by atomic mass is 35.5. The summed E-state index contributed by atoms with van der Waals surface area (Å²) in [4.78, 5) is 28.7. The maximum absolute atomic E-state index is 13.8. The second-order valence-corrected chi connectivity index (χ2v) is 13.0. The number of benzene rings is 4. The Morgan fingerprint density at radius 3 is 1.96 bits per heavy atom. The van der Waals surface area contributed by atoms with E-state index in [0.29, 0.717) is 65.3 Å². The molecule has 2 aliphatic heterocycles.